The Hall–Kier alpha value is -6.30. The van der Waals surface area contributed by atoms with Crippen molar-refractivity contribution in [1.29, 1.82) is 0 Å². The zero-order valence-corrected chi connectivity index (χ0v) is 33.4. The van der Waals surface area contributed by atoms with Gasteiger partial charge in [-0.25, -0.2) is 4.79 Å². The maximum absolute atomic E-state index is 14.4. The molecule has 0 aliphatic carbocycles. The molecule has 4 rings (SSSR count). The molecule has 2 atom stereocenters. The van der Waals surface area contributed by atoms with Crippen LogP contribution in [0.2, 0.25) is 0 Å². The second-order valence-electron chi connectivity index (χ2n) is 15.8. The Kier molecular flexibility index (Phi) is 14.9. The van der Waals surface area contributed by atoms with E-state index < -0.39 is 64.9 Å². The summed E-state index contributed by atoms with van der Waals surface area (Å²) < 4.78 is 5.47. The Morgan fingerprint density at radius 1 is 0.526 bits per heavy atom. The van der Waals surface area contributed by atoms with Crippen LogP contribution >= 0.6 is 0 Å². The lowest BCUT2D eigenvalue weighted by Crippen LogP contribution is -2.57. The van der Waals surface area contributed by atoms with Gasteiger partial charge in [-0.15, -0.1) is 0 Å². The van der Waals surface area contributed by atoms with Gasteiger partial charge in [-0.05, 0) is 63.8 Å². The topological polar surface area (TPSA) is 172 Å². The first-order valence-electron chi connectivity index (χ1n) is 18.9. The van der Waals surface area contributed by atoms with Gasteiger partial charge < -0.3 is 26.0 Å². The normalized spacial score (nSPS) is 12.6. The number of carbonyl (C=O) groups excluding carboxylic acids is 6. The molecule has 12 heteroatoms. The molecule has 0 saturated carbocycles. The highest BCUT2D eigenvalue weighted by atomic mass is 16.6. The first-order valence-corrected chi connectivity index (χ1v) is 18.9. The molecular weight excluding hydrogens is 723 g/mol. The molecule has 0 bridgehead atoms. The van der Waals surface area contributed by atoms with E-state index in [2.05, 4.69) is 26.6 Å². The fourth-order valence-corrected chi connectivity index (χ4v) is 6.21. The molecular formula is C45H53N5O7. The lowest BCUT2D eigenvalue weighted by molar-refractivity contribution is -0.135. The van der Waals surface area contributed by atoms with Crippen molar-refractivity contribution in [2.24, 2.45) is 0 Å². The third-order valence-corrected chi connectivity index (χ3v) is 8.62. The summed E-state index contributed by atoms with van der Waals surface area (Å²) in [5.74, 6) is -3.36. The zero-order valence-electron chi connectivity index (χ0n) is 33.4. The summed E-state index contributed by atoms with van der Waals surface area (Å²) in [4.78, 5) is 80.6. The van der Waals surface area contributed by atoms with Crippen molar-refractivity contribution in [1.82, 2.24) is 26.6 Å². The van der Waals surface area contributed by atoms with Gasteiger partial charge in [-0.2, -0.15) is 0 Å². The van der Waals surface area contributed by atoms with Crippen molar-refractivity contribution in [3.05, 3.63) is 144 Å². The van der Waals surface area contributed by atoms with Gasteiger partial charge in [0.1, 0.15) is 23.2 Å². The quantitative estimate of drug-likeness (QED) is 0.100. The van der Waals surface area contributed by atoms with E-state index in [4.69, 9.17) is 4.74 Å². The molecule has 0 aliphatic rings. The third-order valence-electron chi connectivity index (χ3n) is 8.62. The molecule has 6 amide bonds. The second-order valence-corrected chi connectivity index (χ2v) is 15.8. The molecule has 4 aromatic rings. The summed E-state index contributed by atoms with van der Waals surface area (Å²) in [6, 6.07) is 34.2. The van der Waals surface area contributed by atoms with Crippen LogP contribution in [0.15, 0.2) is 121 Å². The van der Waals surface area contributed by atoms with E-state index in [1.807, 2.05) is 112 Å². The van der Waals surface area contributed by atoms with Crippen LogP contribution in [-0.2, 0) is 40.7 Å². The van der Waals surface area contributed by atoms with Gasteiger partial charge in [0.05, 0.1) is 6.42 Å². The molecule has 57 heavy (non-hydrogen) atoms. The molecule has 300 valence electrons. The van der Waals surface area contributed by atoms with Crippen LogP contribution in [0.1, 0.15) is 83.1 Å². The van der Waals surface area contributed by atoms with Crippen molar-refractivity contribution in [2.75, 3.05) is 0 Å². The largest absolute Gasteiger partial charge is 0.444 e. The first-order chi connectivity index (χ1) is 26.9. The molecule has 12 nitrogen and oxygen atoms in total. The molecule has 0 spiro atoms. The highest BCUT2D eigenvalue weighted by Crippen LogP contribution is 2.37. The van der Waals surface area contributed by atoms with Crippen molar-refractivity contribution in [2.45, 2.75) is 96.0 Å². The number of benzene rings is 4. The maximum atomic E-state index is 14.4. The Bertz CT molecular complexity index is 1880. The average molecular weight is 776 g/mol. The molecule has 0 unspecified atom stereocenters. The lowest BCUT2D eigenvalue weighted by Gasteiger charge is -2.37. The zero-order chi connectivity index (χ0) is 41.6. The summed E-state index contributed by atoms with van der Waals surface area (Å²) in [7, 11) is 0. The summed E-state index contributed by atoms with van der Waals surface area (Å²) in [5, 5.41) is 13.5. The Balaban J connectivity index is 1.65. The predicted molar refractivity (Wildman–Crippen MR) is 217 cm³/mol. The molecule has 0 heterocycles. The summed E-state index contributed by atoms with van der Waals surface area (Å²) >= 11 is 0. The van der Waals surface area contributed by atoms with Gasteiger partial charge >= 0.3 is 6.09 Å². The number of hydrogen-bond acceptors (Lipinski definition) is 7. The maximum Gasteiger partial charge on any atom is 0.408 e. The predicted octanol–water partition coefficient (Wildman–Crippen LogP) is 5.44. The summed E-state index contributed by atoms with van der Waals surface area (Å²) in [6.45, 7) is 10.4. The van der Waals surface area contributed by atoms with Crippen molar-refractivity contribution in [3.63, 3.8) is 0 Å². The Morgan fingerprint density at radius 3 is 1.44 bits per heavy atom. The number of nitrogens with one attached hydrogen (secondary N) is 5. The number of imide groups is 1. The SMILES string of the molecule is CC(C)(C)NC(=O)CCC(=O)NC(=O)[C@H](Cc1ccccc1)NC(=O)[C@H](CC(=O)NC(c1ccccc1)(c1ccccc1)c1ccccc1)NC(=O)OC(C)(C)C. The van der Waals surface area contributed by atoms with Crippen LogP contribution in [-0.4, -0.2) is 58.9 Å². The van der Waals surface area contributed by atoms with Gasteiger partial charge in [-0.1, -0.05) is 121 Å². The number of hydrogen-bond donors (Lipinski definition) is 5. The van der Waals surface area contributed by atoms with Crippen LogP contribution in [0.3, 0.4) is 0 Å². The number of alkyl carbamates (subject to hydrolysis) is 1. The summed E-state index contributed by atoms with van der Waals surface area (Å²) in [6.07, 6.45) is -1.96. The standard InChI is InChI=1S/C45H53N5O7/c1-43(2,3)49-38(52)28-27-37(51)48-41(55)35(29-31-19-11-7-12-20-31)46-40(54)36(47-42(56)57-44(4,5)6)30-39(53)50-45(32-21-13-8-14-22-32,33-23-15-9-16-24-33)34-25-17-10-18-26-34/h7-26,35-36H,27-30H2,1-6H3,(H,46,54)(H,47,56)(H,49,52)(H,50,53)(H,48,51,55)/t35-,36-/m0/s1. The number of rotatable bonds is 15. The molecule has 0 fully saturated rings. The van der Waals surface area contributed by atoms with E-state index in [9.17, 15) is 28.8 Å². The van der Waals surface area contributed by atoms with Crippen molar-refractivity contribution in [3.8, 4) is 0 Å². The van der Waals surface area contributed by atoms with Crippen LogP contribution in [0.4, 0.5) is 4.79 Å². The van der Waals surface area contributed by atoms with Crippen molar-refractivity contribution < 1.29 is 33.5 Å². The molecule has 0 radical (unpaired) electrons. The molecule has 5 N–H and O–H groups in total. The number of carbonyl (C=O) groups is 6. The highest BCUT2D eigenvalue weighted by molar-refractivity contribution is 6.01. The first kappa shape index (κ1) is 43.4. The van der Waals surface area contributed by atoms with E-state index in [1.54, 1.807) is 51.1 Å². The molecule has 4 aromatic carbocycles. The minimum atomic E-state index is -1.53. The lowest BCUT2D eigenvalue weighted by atomic mass is 9.77. The Labute approximate surface area is 334 Å². The van der Waals surface area contributed by atoms with Gasteiger partial charge in [0.2, 0.25) is 29.5 Å². The van der Waals surface area contributed by atoms with Crippen LogP contribution in [0.25, 0.3) is 0 Å². The van der Waals surface area contributed by atoms with Gasteiger partial charge in [-0.3, -0.25) is 29.3 Å². The van der Waals surface area contributed by atoms with Crippen LogP contribution in [0, 0.1) is 0 Å². The second kappa shape index (κ2) is 19.5. The minimum Gasteiger partial charge on any atom is -0.444 e. The number of ether oxygens (including phenoxy) is 1. The smallest absolute Gasteiger partial charge is 0.408 e. The van der Waals surface area contributed by atoms with E-state index in [0.717, 1.165) is 16.7 Å². The highest BCUT2D eigenvalue weighted by Gasteiger charge is 2.39. The van der Waals surface area contributed by atoms with E-state index in [-0.39, 0.29) is 25.2 Å². The van der Waals surface area contributed by atoms with Crippen LogP contribution in [0.5, 0.6) is 0 Å². The molecule has 0 aliphatic heterocycles. The fourth-order valence-electron chi connectivity index (χ4n) is 6.21. The molecule has 0 aromatic heterocycles. The Morgan fingerprint density at radius 2 is 0.982 bits per heavy atom. The number of amides is 6. The third kappa shape index (κ3) is 13.4. The van der Waals surface area contributed by atoms with Crippen molar-refractivity contribution >= 4 is 35.6 Å². The monoisotopic (exact) mass is 775 g/mol. The average Bonchev–Trinajstić information content (AvgIpc) is 3.15. The van der Waals surface area contributed by atoms with E-state index in [0.29, 0.717) is 5.56 Å². The molecule has 0 saturated heterocycles. The van der Waals surface area contributed by atoms with Crippen LogP contribution < -0.4 is 26.6 Å². The fraction of sp³-hybridized carbons (Fsp3) is 0.333. The van der Waals surface area contributed by atoms with E-state index in [1.165, 1.54) is 0 Å². The minimum absolute atomic E-state index is 0.0271. The summed E-state index contributed by atoms with van der Waals surface area (Å²) in [5.41, 5.74) is 0.263. The van der Waals surface area contributed by atoms with Gasteiger partial charge in [0.15, 0.2) is 0 Å². The van der Waals surface area contributed by atoms with Gasteiger partial charge in [0.25, 0.3) is 0 Å². The van der Waals surface area contributed by atoms with Gasteiger partial charge in [0, 0.05) is 24.8 Å². The van der Waals surface area contributed by atoms with E-state index >= 15 is 0 Å².